The molecule has 0 unspecified atom stereocenters. The van der Waals surface area contributed by atoms with Gasteiger partial charge >= 0.3 is 0 Å². The van der Waals surface area contributed by atoms with Crippen LogP contribution in [-0.4, -0.2) is 20.6 Å². The van der Waals surface area contributed by atoms with Crippen LogP contribution in [-0.2, 0) is 10.0 Å². The summed E-state index contributed by atoms with van der Waals surface area (Å²) in [6.07, 6.45) is 1.05. The van der Waals surface area contributed by atoms with Gasteiger partial charge in [0.05, 0.1) is 22.9 Å². The zero-order chi connectivity index (χ0) is 18.8. The van der Waals surface area contributed by atoms with E-state index in [1.165, 1.54) is 18.2 Å². The van der Waals surface area contributed by atoms with Crippen molar-refractivity contribution in [3.63, 3.8) is 0 Å². The van der Waals surface area contributed by atoms with Gasteiger partial charge in [-0.15, -0.1) is 0 Å². The Kier molecular flexibility index (Phi) is 5.75. The molecule has 0 saturated heterocycles. The van der Waals surface area contributed by atoms with Crippen molar-refractivity contribution >= 4 is 33.2 Å². The molecule has 0 aliphatic carbocycles. The first-order chi connectivity index (χ1) is 11.6. The second-order valence-corrected chi connectivity index (χ2v) is 8.28. The molecule has 0 radical (unpaired) electrons. The number of aryl methyl sites for hydroxylation is 2. The van der Waals surface area contributed by atoms with Gasteiger partial charge in [-0.1, -0.05) is 35.4 Å². The molecule has 5 nitrogen and oxygen atoms in total. The molecule has 2 aromatic carbocycles. The van der Waals surface area contributed by atoms with Crippen LogP contribution < -0.4 is 10.0 Å². The Morgan fingerprint density at radius 3 is 2.40 bits per heavy atom. The van der Waals surface area contributed by atoms with E-state index in [2.05, 4.69) is 10.0 Å². The van der Waals surface area contributed by atoms with Crippen molar-refractivity contribution < 1.29 is 13.2 Å². The van der Waals surface area contributed by atoms with E-state index in [1.54, 1.807) is 0 Å². The van der Waals surface area contributed by atoms with Crippen molar-refractivity contribution in [2.45, 2.75) is 26.8 Å². The number of amides is 1. The minimum atomic E-state index is -3.40. The van der Waals surface area contributed by atoms with Crippen molar-refractivity contribution in [1.82, 2.24) is 5.32 Å². The Labute approximate surface area is 153 Å². The van der Waals surface area contributed by atoms with Crippen LogP contribution in [0.1, 0.15) is 40.0 Å². The number of nitrogens with one attached hydrogen (secondary N) is 2. The Morgan fingerprint density at radius 2 is 1.80 bits per heavy atom. The fourth-order valence-corrected chi connectivity index (χ4v) is 3.38. The van der Waals surface area contributed by atoms with Gasteiger partial charge in [0.25, 0.3) is 5.91 Å². The molecule has 0 bridgehead atoms. The minimum Gasteiger partial charge on any atom is -0.345 e. The standard InChI is InChI=1S/C18H21ClN2O3S/c1-11-5-6-12(2)16(9-11)13(3)20-18(22)15-8-7-14(10-17(15)19)21-25(4,23)24/h5-10,13,21H,1-4H3,(H,20,22)/t13-/m0/s1. The highest BCUT2D eigenvalue weighted by atomic mass is 35.5. The monoisotopic (exact) mass is 380 g/mol. The summed E-state index contributed by atoms with van der Waals surface area (Å²) < 4.78 is 24.8. The summed E-state index contributed by atoms with van der Waals surface area (Å²) in [6, 6.07) is 10.3. The fraction of sp³-hybridized carbons (Fsp3) is 0.278. The Morgan fingerprint density at radius 1 is 1.12 bits per heavy atom. The Bertz CT molecular complexity index is 911. The molecule has 0 heterocycles. The molecule has 0 aliphatic heterocycles. The SMILES string of the molecule is Cc1ccc(C)c([C@H](C)NC(=O)c2ccc(NS(C)(=O)=O)cc2Cl)c1. The Hall–Kier alpha value is -2.05. The summed E-state index contributed by atoms with van der Waals surface area (Å²) >= 11 is 6.14. The summed E-state index contributed by atoms with van der Waals surface area (Å²) in [7, 11) is -3.40. The lowest BCUT2D eigenvalue weighted by Gasteiger charge is -2.18. The number of anilines is 1. The van der Waals surface area contributed by atoms with Gasteiger partial charge in [-0.2, -0.15) is 0 Å². The molecule has 1 amide bonds. The van der Waals surface area contributed by atoms with E-state index in [0.29, 0.717) is 5.69 Å². The van der Waals surface area contributed by atoms with Crippen molar-refractivity contribution in [3.05, 3.63) is 63.7 Å². The molecule has 0 aliphatic rings. The molecule has 0 fully saturated rings. The van der Waals surface area contributed by atoms with Crippen LogP contribution in [0.4, 0.5) is 5.69 Å². The number of hydrogen-bond donors (Lipinski definition) is 2. The molecule has 0 spiro atoms. The molecular formula is C18H21ClN2O3S. The quantitative estimate of drug-likeness (QED) is 0.827. The lowest BCUT2D eigenvalue weighted by molar-refractivity contribution is 0.0940. The number of halogens is 1. The summed E-state index contributed by atoms with van der Waals surface area (Å²) in [5.74, 6) is -0.315. The van der Waals surface area contributed by atoms with E-state index in [1.807, 2.05) is 39.0 Å². The van der Waals surface area contributed by atoms with Crippen LogP contribution >= 0.6 is 11.6 Å². The lowest BCUT2D eigenvalue weighted by Crippen LogP contribution is -2.27. The third-order valence-corrected chi connectivity index (χ3v) is 4.69. The second kappa shape index (κ2) is 7.45. The van der Waals surface area contributed by atoms with Gasteiger partial charge in [0.1, 0.15) is 0 Å². The van der Waals surface area contributed by atoms with Crippen LogP contribution in [0.15, 0.2) is 36.4 Å². The predicted octanol–water partition coefficient (Wildman–Crippen LogP) is 3.82. The molecule has 2 N–H and O–H groups in total. The molecule has 1 atom stereocenters. The smallest absolute Gasteiger partial charge is 0.253 e. The van der Waals surface area contributed by atoms with E-state index in [0.717, 1.165) is 22.9 Å². The molecule has 0 saturated carbocycles. The van der Waals surface area contributed by atoms with Gasteiger partial charge in [0, 0.05) is 5.69 Å². The van der Waals surface area contributed by atoms with Gasteiger partial charge in [0.2, 0.25) is 10.0 Å². The molecule has 134 valence electrons. The van der Waals surface area contributed by atoms with Crippen molar-refractivity contribution in [2.75, 3.05) is 11.0 Å². The maximum absolute atomic E-state index is 12.5. The number of carbonyl (C=O) groups is 1. The minimum absolute atomic E-state index is 0.180. The van der Waals surface area contributed by atoms with E-state index in [-0.39, 0.29) is 22.5 Å². The summed E-state index contributed by atoms with van der Waals surface area (Å²) in [4.78, 5) is 12.5. The van der Waals surface area contributed by atoms with E-state index in [4.69, 9.17) is 11.6 Å². The maximum Gasteiger partial charge on any atom is 0.253 e. The number of rotatable bonds is 5. The number of hydrogen-bond acceptors (Lipinski definition) is 3. The normalized spacial score (nSPS) is 12.5. The average molecular weight is 381 g/mol. The molecular weight excluding hydrogens is 360 g/mol. The summed E-state index contributed by atoms with van der Waals surface area (Å²) in [5, 5.41) is 3.11. The highest BCUT2D eigenvalue weighted by Gasteiger charge is 2.16. The molecule has 25 heavy (non-hydrogen) atoms. The molecule has 2 aromatic rings. The van der Waals surface area contributed by atoms with E-state index < -0.39 is 10.0 Å². The lowest BCUT2D eigenvalue weighted by atomic mass is 9.99. The van der Waals surface area contributed by atoms with Crippen LogP contribution in [0.3, 0.4) is 0 Å². The average Bonchev–Trinajstić information content (AvgIpc) is 2.47. The zero-order valence-electron chi connectivity index (χ0n) is 14.6. The van der Waals surface area contributed by atoms with Gasteiger partial charge in [-0.3, -0.25) is 9.52 Å². The zero-order valence-corrected chi connectivity index (χ0v) is 16.1. The second-order valence-electron chi connectivity index (χ2n) is 6.12. The number of carbonyl (C=O) groups excluding carboxylic acids is 1. The topological polar surface area (TPSA) is 75.3 Å². The third kappa shape index (κ3) is 5.21. The summed E-state index contributed by atoms with van der Waals surface area (Å²) in [5.41, 5.74) is 3.86. The van der Waals surface area contributed by atoms with Crippen LogP contribution in [0.2, 0.25) is 5.02 Å². The first-order valence-corrected chi connectivity index (χ1v) is 9.99. The Balaban J connectivity index is 2.19. The fourth-order valence-electron chi connectivity index (χ4n) is 2.56. The number of sulfonamides is 1. The third-order valence-electron chi connectivity index (χ3n) is 3.77. The first kappa shape index (κ1) is 19.3. The van der Waals surface area contributed by atoms with E-state index >= 15 is 0 Å². The first-order valence-electron chi connectivity index (χ1n) is 7.72. The highest BCUT2D eigenvalue weighted by molar-refractivity contribution is 7.92. The van der Waals surface area contributed by atoms with Gasteiger partial charge < -0.3 is 5.32 Å². The van der Waals surface area contributed by atoms with Crippen molar-refractivity contribution in [1.29, 1.82) is 0 Å². The van der Waals surface area contributed by atoms with Gasteiger partial charge in [0.15, 0.2) is 0 Å². The largest absolute Gasteiger partial charge is 0.345 e. The van der Waals surface area contributed by atoms with E-state index in [9.17, 15) is 13.2 Å². The van der Waals surface area contributed by atoms with Crippen LogP contribution in [0.25, 0.3) is 0 Å². The number of benzene rings is 2. The highest BCUT2D eigenvalue weighted by Crippen LogP contribution is 2.24. The molecule has 2 rings (SSSR count). The molecule has 0 aromatic heterocycles. The van der Waals surface area contributed by atoms with Crippen LogP contribution in [0, 0.1) is 13.8 Å². The van der Waals surface area contributed by atoms with Gasteiger partial charge in [-0.05, 0) is 50.1 Å². The summed E-state index contributed by atoms with van der Waals surface area (Å²) in [6.45, 7) is 5.91. The van der Waals surface area contributed by atoms with Crippen molar-refractivity contribution in [3.8, 4) is 0 Å². The van der Waals surface area contributed by atoms with Gasteiger partial charge in [-0.25, -0.2) is 8.42 Å². The maximum atomic E-state index is 12.5. The predicted molar refractivity (Wildman–Crippen MR) is 102 cm³/mol. The van der Waals surface area contributed by atoms with Crippen molar-refractivity contribution in [2.24, 2.45) is 0 Å². The van der Waals surface area contributed by atoms with Crippen LogP contribution in [0.5, 0.6) is 0 Å². The molecule has 7 heteroatoms.